The molecule has 1 atom stereocenters. The summed E-state index contributed by atoms with van der Waals surface area (Å²) in [6.45, 7) is 11.0. The largest absolute Gasteiger partial charge is 0.274 e. The van der Waals surface area contributed by atoms with Gasteiger partial charge in [-0.15, -0.1) is 21.5 Å². The topological polar surface area (TPSA) is 52.2 Å². The second-order valence-corrected chi connectivity index (χ2v) is 9.34. The van der Waals surface area contributed by atoms with Gasteiger partial charge in [-0.3, -0.25) is 13.8 Å². The summed E-state index contributed by atoms with van der Waals surface area (Å²) in [6.07, 6.45) is 4.96. The van der Waals surface area contributed by atoms with Gasteiger partial charge >= 0.3 is 0 Å². The number of rotatable bonds is 1. The highest BCUT2D eigenvalue weighted by Crippen LogP contribution is 2.42. The zero-order valence-electron chi connectivity index (χ0n) is 15.0. The molecule has 24 heavy (non-hydrogen) atoms. The number of thiophene rings is 1. The summed E-state index contributed by atoms with van der Waals surface area (Å²) >= 11 is 1.76. The highest BCUT2D eigenvalue weighted by atomic mass is 32.1. The lowest BCUT2D eigenvalue weighted by Gasteiger charge is -2.33. The zero-order valence-corrected chi connectivity index (χ0v) is 15.8. The first-order chi connectivity index (χ1) is 11.3. The SMILES string of the molecule is CC(C)n1c(=O)c2c3c(sc2n2cnnc12)CC(C(C)(C)C)CC3. The number of nitrogens with zero attached hydrogens (tertiary/aromatic N) is 4. The van der Waals surface area contributed by atoms with Gasteiger partial charge in [0.25, 0.3) is 5.56 Å². The van der Waals surface area contributed by atoms with Crippen molar-refractivity contribution in [2.75, 3.05) is 0 Å². The van der Waals surface area contributed by atoms with Crippen molar-refractivity contribution < 1.29 is 0 Å². The molecule has 1 unspecified atom stereocenters. The number of fused-ring (bicyclic) bond motifs is 5. The number of hydrogen-bond acceptors (Lipinski definition) is 4. The summed E-state index contributed by atoms with van der Waals surface area (Å²) in [6, 6.07) is 0.0649. The molecule has 1 aliphatic carbocycles. The third-order valence-corrected chi connectivity index (χ3v) is 6.64. The van der Waals surface area contributed by atoms with Crippen molar-refractivity contribution in [2.45, 2.75) is 59.9 Å². The molecule has 3 aromatic rings. The number of aromatic nitrogens is 4. The molecule has 0 aromatic carbocycles. The molecule has 1 aliphatic rings. The van der Waals surface area contributed by atoms with E-state index in [0.29, 0.717) is 17.1 Å². The van der Waals surface area contributed by atoms with E-state index in [1.165, 1.54) is 10.4 Å². The number of aryl methyl sites for hydroxylation is 1. The summed E-state index contributed by atoms with van der Waals surface area (Å²) < 4.78 is 3.77. The summed E-state index contributed by atoms with van der Waals surface area (Å²) in [5.74, 6) is 1.32. The second-order valence-electron chi connectivity index (χ2n) is 8.26. The van der Waals surface area contributed by atoms with Crippen LogP contribution < -0.4 is 5.56 Å². The highest BCUT2D eigenvalue weighted by Gasteiger charge is 2.32. The minimum absolute atomic E-state index is 0.0649. The van der Waals surface area contributed by atoms with Crippen LogP contribution in [0.1, 0.15) is 57.5 Å². The van der Waals surface area contributed by atoms with Crippen LogP contribution in [0, 0.1) is 11.3 Å². The van der Waals surface area contributed by atoms with E-state index in [2.05, 4.69) is 31.0 Å². The summed E-state index contributed by atoms with van der Waals surface area (Å²) in [7, 11) is 0. The van der Waals surface area contributed by atoms with Gasteiger partial charge in [-0.05, 0) is 50.0 Å². The molecule has 0 amide bonds. The summed E-state index contributed by atoms with van der Waals surface area (Å²) in [5, 5.41) is 9.14. The Morgan fingerprint density at radius 2 is 2.08 bits per heavy atom. The van der Waals surface area contributed by atoms with E-state index in [1.807, 2.05) is 18.2 Å². The van der Waals surface area contributed by atoms with Gasteiger partial charge in [-0.1, -0.05) is 20.8 Å². The average Bonchev–Trinajstić information content (AvgIpc) is 3.08. The molecule has 6 heteroatoms. The molecule has 0 N–H and O–H groups in total. The Hall–Kier alpha value is -1.69. The van der Waals surface area contributed by atoms with Gasteiger partial charge in [-0.25, -0.2) is 0 Å². The molecule has 128 valence electrons. The molecule has 0 bridgehead atoms. The normalized spacial score (nSPS) is 18.7. The minimum atomic E-state index is 0.0649. The van der Waals surface area contributed by atoms with E-state index in [1.54, 1.807) is 22.2 Å². The second kappa shape index (κ2) is 5.15. The van der Waals surface area contributed by atoms with Gasteiger partial charge in [0.1, 0.15) is 11.2 Å². The average molecular weight is 344 g/mol. The fourth-order valence-electron chi connectivity index (χ4n) is 3.91. The number of hydrogen-bond donors (Lipinski definition) is 0. The van der Waals surface area contributed by atoms with Gasteiger partial charge < -0.3 is 0 Å². The lowest BCUT2D eigenvalue weighted by molar-refractivity contribution is 0.218. The van der Waals surface area contributed by atoms with Crippen LogP contribution in [0.25, 0.3) is 16.0 Å². The molecule has 0 aliphatic heterocycles. The van der Waals surface area contributed by atoms with Crippen LogP contribution in [0.3, 0.4) is 0 Å². The van der Waals surface area contributed by atoms with E-state index in [0.717, 1.165) is 29.5 Å². The van der Waals surface area contributed by atoms with E-state index >= 15 is 0 Å². The quantitative estimate of drug-likeness (QED) is 0.674. The van der Waals surface area contributed by atoms with Crippen LogP contribution in [-0.4, -0.2) is 19.2 Å². The maximum atomic E-state index is 13.2. The zero-order chi connectivity index (χ0) is 17.2. The monoisotopic (exact) mass is 344 g/mol. The maximum Gasteiger partial charge on any atom is 0.264 e. The molecule has 0 spiro atoms. The van der Waals surface area contributed by atoms with Crippen molar-refractivity contribution in [3.8, 4) is 0 Å². The third-order valence-electron chi connectivity index (χ3n) is 5.38. The fourth-order valence-corrected chi connectivity index (χ4v) is 5.30. The predicted octanol–water partition coefficient (Wildman–Crippen LogP) is 3.84. The van der Waals surface area contributed by atoms with Gasteiger partial charge in [0, 0.05) is 10.9 Å². The molecule has 0 radical (unpaired) electrons. The van der Waals surface area contributed by atoms with Crippen molar-refractivity contribution >= 4 is 27.3 Å². The molecular formula is C18H24N4OS. The van der Waals surface area contributed by atoms with E-state index in [4.69, 9.17) is 0 Å². The molecular weight excluding hydrogens is 320 g/mol. The Labute approximate surface area is 145 Å². The van der Waals surface area contributed by atoms with Crippen molar-refractivity contribution in [1.82, 2.24) is 19.2 Å². The van der Waals surface area contributed by atoms with Gasteiger partial charge in [-0.2, -0.15) is 0 Å². The maximum absolute atomic E-state index is 13.2. The first-order valence-corrected chi connectivity index (χ1v) is 9.49. The minimum Gasteiger partial charge on any atom is -0.274 e. The Morgan fingerprint density at radius 1 is 1.33 bits per heavy atom. The van der Waals surface area contributed by atoms with Gasteiger partial charge in [0.15, 0.2) is 0 Å². The Morgan fingerprint density at radius 3 is 2.75 bits per heavy atom. The molecule has 3 aromatic heterocycles. The molecule has 3 heterocycles. The highest BCUT2D eigenvalue weighted by molar-refractivity contribution is 7.18. The van der Waals surface area contributed by atoms with Crippen LogP contribution in [0.5, 0.6) is 0 Å². The lowest BCUT2D eigenvalue weighted by atomic mass is 9.72. The predicted molar refractivity (Wildman–Crippen MR) is 98.0 cm³/mol. The lowest BCUT2D eigenvalue weighted by Crippen LogP contribution is -2.27. The van der Waals surface area contributed by atoms with E-state index in [9.17, 15) is 4.79 Å². The van der Waals surface area contributed by atoms with Crippen molar-refractivity contribution in [1.29, 1.82) is 0 Å². The van der Waals surface area contributed by atoms with Crippen LogP contribution in [0.2, 0.25) is 0 Å². The molecule has 0 fully saturated rings. The smallest absolute Gasteiger partial charge is 0.264 e. The molecule has 4 rings (SSSR count). The first kappa shape index (κ1) is 15.8. The van der Waals surface area contributed by atoms with Gasteiger partial charge in [0.2, 0.25) is 5.78 Å². The standard InChI is InChI=1S/C18H24N4OS/c1-10(2)22-15(23)14-12-7-6-11(18(3,4)5)8-13(12)24-16(14)21-9-19-20-17(21)22/h9-11H,6-8H2,1-5H3. The Bertz CT molecular complexity index is 986. The third kappa shape index (κ3) is 2.15. The Kier molecular flexibility index (Phi) is 3.39. The fraction of sp³-hybridized carbons (Fsp3) is 0.611. The van der Waals surface area contributed by atoms with E-state index < -0.39 is 0 Å². The van der Waals surface area contributed by atoms with Crippen LogP contribution in [-0.2, 0) is 12.8 Å². The van der Waals surface area contributed by atoms with Crippen LogP contribution in [0.4, 0.5) is 0 Å². The van der Waals surface area contributed by atoms with Crippen LogP contribution >= 0.6 is 11.3 Å². The molecule has 0 saturated carbocycles. The van der Waals surface area contributed by atoms with Crippen molar-refractivity contribution in [2.24, 2.45) is 11.3 Å². The molecule has 5 nitrogen and oxygen atoms in total. The van der Waals surface area contributed by atoms with Crippen LogP contribution in [0.15, 0.2) is 11.1 Å². The van der Waals surface area contributed by atoms with Crippen molar-refractivity contribution in [3.63, 3.8) is 0 Å². The van der Waals surface area contributed by atoms with E-state index in [-0.39, 0.29) is 11.6 Å². The Balaban J connectivity index is 2.02. The summed E-state index contributed by atoms with van der Waals surface area (Å²) in [5.41, 5.74) is 1.66. The van der Waals surface area contributed by atoms with Gasteiger partial charge in [0.05, 0.1) is 5.39 Å². The summed E-state index contributed by atoms with van der Waals surface area (Å²) in [4.78, 5) is 15.6. The molecule has 0 saturated heterocycles. The van der Waals surface area contributed by atoms with Crippen molar-refractivity contribution in [3.05, 3.63) is 27.1 Å². The first-order valence-electron chi connectivity index (χ1n) is 8.67.